The molecule has 2 unspecified atom stereocenters. The van der Waals surface area contributed by atoms with E-state index in [1.165, 1.54) is 13.2 Å². The van der Waals surface area contributed by atoms with E-state index in [1.807, 2.05) is 20.0 Å². The highest BCUT2D eigenvalue weighted by Gasteiger charge is 2.39. The zero-order chi connectivity index (χ0) is 28.5. The van der Waals surface area contributed by atoms with Crippen molar-refractivity contribution in [2.24, 2.45) is 5.92 Å². The summed E-state index contributed by atoms with van der Waals surface area (Å²) in [5.41, 5.74) is 6.57. The van der Waals surface area contributed by atoms with Crippen LogP contribution in [0.4, 0.5) is 4.39 Å². The van der Waals surface area contributed by atoms with E-state index < -0.39 is 5.92 Å². The minimum Gasteiger partial charge on any atom is -0.380 e. The Kier molecular flexibility index (Phi) is 6.49. The van der Waals surface area contributed by atoms with Crippen molar-refractivity contribution >= 4 is 23.1 Å². The van der Waals surface area contributed by atoms with E-state index in [1.54, 1.807) is 16.4 Å². The van der Waals surface area contributed by atoms with Crippen LogP contribution in [-0.2, 0) is 33.9 Å². The van der Waals surface area contributed by atoms with E-state index in [0.29, 0.717) is 58.4 Å². The maximum absolute atomic E-state index is 15.1. The van der Waals surface area contributed by atoms with E-state index in [9.17, 15) is 14.4 Å². The van der Waals surface area contributed by atoms with E-state index in [-0.39, 0.29) is 42.4 Å². The molecular weight excluding hydrogens is 509 g/mol. The number of fused-ring (bicyclic) bond motifs is 4. The number of ether oxygens (including phenoxy) is 1. The van der Waals surface area contributed by atoms with Crippen molar-refractivity contribution in [1.29, 1.82) is 0 Å². The molecular formula is C32H34FN3O4. The van der Waals surface area contributed by atoms with Gasteiger partial charge >= 0.3 is 0 Å². The lowest BCUT2D eigenvalue weighted by molar-refractivity contribution is -0.128. The Bertz CT molecular complexity index is 1670. The molecule has 1 amide bonds. The number of aryl methyl sites for hydroxylation is 1. The van der Waals surface area contributed by atoms with Crippen LogP contribution >= 0.6 is 0 Å². The molecule has 0 bridgehead atoms. The van der Waals surface area contributed by atoms with Gasteiger partial charge in [-0.2, -0.15) is 0 Å². The molecule has 2 aromatic heterocycles. The smallest absolute Gasteiger partial charge is 0.257 e. The molecule has 6 rings (SSSR count). The number of likely N-dealkylation sites (N-methyl/N-ethyl adjacent to an activating group) is 1. The molecule has 40 heavy (non-hydrogen) atoms. The van der Waals surface area contributed by atoms with Gasteiger partial charge in [-0.05, 0) is 73.3 Å². The largest absolute Gasteiger partial charge is 0.380 e. The van der Waals surface area contributed by atoms with Crippen LogP contribution in [0.5, 0.6) is 0 Å². The minimum absolute atomic E-state index is 0.0670. The number of nitrogens with zero attached hydrogens (tertiary/aromatic N) is 3. The maximum Gasteiger partial charge on any atom is 0.257 e. The van der Waals surface area contributed by atoms with E-state index in [2.05, 4.69) is 6.58 Å². The van der Waals surface area contributed by atoms with Crippen molar-refractivity contribution < 1.29 is 18.7 Å². The van der Waals surface area contributed by atoms with Crippen LogP contribution in [0.2, 0.25) is 0 Å². The molecule has 208 valence electrons. The number of rotatable bonds is 8. The fourth-order valence-corrected chi connectivity index (χ4v) is 6.71. The zero-order valence-corrected chi connectivity index (χ0v) is 23.5. The van der Waals surface area contributed by atoms with Gasteiger partial charge in [0.25, 0.3) is 5.56 Å². The molecule has 1 saturated carbocycles. The molecule has 2 aliphatic carbocycles. The Hall–Kier alpha value is -3.65. The molecule has 1 fully saturated rings. The average molecular weight is 544 g/mol. The maximum atomic E-state index is 15.1. The molecule has 8 heteroatoms. The third kappa shape index (κ3) is 3.87. The van der Waals surface area contributed by atoms with Crippen LogP contribution in [0, 0.1) is 18.7 Å². The lowest BCUT2D eigenvalue weighted by Crippen LogP contribution is -2.35. The third-order valence-corrected chi connectivity index (χ3v) is 9.16. The number of hydrogen-bond donors (Lipinski definition) is 0. The molecule has 0 N–H and O–H groups in total. The normalized spacial score (nSPS) is 17.9. The Morgan fingerprint density at radius 3 is 2.70 bits per heavy atom. The fraction of sp³-hybridized carbons (Fsp3) is 0.438. The van der Waals surface area contributed by atoms with Gasteiger partial charge in [0.1, 0.15) is 12.1 Å². The Morgan fingerprint density at radius 1 is 1.30 bits per heavy atom. The summed E-state index contributed by atoms with van der Waals surface area (Å²) in [5.74, 6) is -0.592. The summed E-state index contributed by atoms with van der Waals surface area (Å²) in [6, 6.07) is 3.08. The van der Waals surface area contributed by atoms with Crippen LogP contribution in [0.15, 0.2) is 29.1 Å². The molecule has 3 aromatic rings. The molecule has 1 aliphatic heterocycles. The number of benzene rings is 1. The number of pyridine rings is 2. The van der Waals surface area contributed by atoms with Crippen molar-refractivity contribution in [1.82, 2.24) is 14.5 Å². The number of amides is 1. The van der Waals surface area contributed by atoms with Gasteiger partial charge in [-0.15, -0.1) is 0 Å². The molecule has 0 radical (unpaired) electrons. The van der Waals surface area contributed by atoms with E-state index >= 15 is 4.39 Å². The lowest BCUT2D eigenvalue weighted by Gasteiger charge is -2.35. The summed E-state index contributed by atoms with van der Waals surface area (Å²) in [6.07, 6.45) is 4.65. The van der Waals surface area contributed by atoms with Gasteiger partial charge in [-0.1, -0.05) is 13.5 Å². The van der Waals surface area contributed by atoms with Crippen LogP contribution in [0.3, 0.4) is 0 Å². The number of halogens is 1. The molecule has 3 heterocycles. The van der Waals surface area contributed by atoms with Crippen molar-refractivity contribution in [2.75, 3.05) is 14.2 Å². The molecule has 2 atom stereocenters. The summed E-state index contributed by atoms with van der Waals surface area (Å²) in [4.78, 5) is 46.1. The number of hydrogen-bond acceptors (Lipinski definition) is 5. The van der Waals surface area contributed by atoms with Crippen molar-refractivity contribution in [3.05, 3.63) is 73.8 Å². The molecule has 0 spiro atoms. The summed E-state index contributed by atoms with van der Waals surface area (Å²) in [7, 11) is 3.35. The van der Waals surface area contributed by atoms with Crippen LogP contribution < -0.4 is 5.56 Å². The van der Waals surface area contributed by atoms with Gasteiger partial charge in [0.05, 0.1) is 36.1 Å². The van der Waals surface area contributed by atoms with Gasteiger partial charge in [0, 0.05) is 48.2 Å². The first-order valence-electron chi connectivity index (χ1n) is 14.0. The number of carbonyl (C=O) groups excluding carboxylic acids is 2. The quantitative estimate of drug-likeness (QED) is 0.228. The molecule has 1 aromatic carbocycles. The summed E-state index contributed by atoms with van der Waals surface area (Å²) >= 11 is 0. The van der Waals surface area contributed by atoms with Crippen LogP contribution in [0.1, 0.15) is 77.9 Å². The van der Waals surface area contributed by atoms with Crippen molar-refractivity contribution in [2.45, 2.75) is 71.1 Å². The monoisotopic (exact) mass is 543 g/mol. The predicted octanol–water partition coefficient (Wildman–Crippen LogP) is 5.12. The van der Waals surface area contributed by atoms with E-state index in [4.69, 9.17) is 9.72 Å². The molecule has 0 saturated heterocycles. The number of methoxy groups -OCH3 is 1. The Labute approximate surface area is 232 Å². The third-order valence-electron chi connectivity index (χ3n) is 9.16. The van der Waals surface area contributed by atoms with Gasteiger partial charge in [0.15, 0.2) is 0 Å². The van der Waals surface area contributed by atoms with Crippen molar-refractivity contribution in [3.8, 4) is 11.4 Å². The highest BCUT2D eigenvalue weighted by molar-refractivity contribution is 5.96. The average Bonchev–Trinajstić information content (AvgIpc) is 3.74. The van der Waals surface area contributed by atoms with Crippen molar-refractivity contribution in [3.63, 3.8) is 0 Å². The minimum atomic E-state index is -0.455. The Balaban J connectivity index is 1.61. The Morgan fingerprint density at radius 2 is 2.05 bits per heavy atom. The topological polar surface area (TPSA) is 81.5 Å². The fourth-order valence-electron chi connectivity index (χ4n) is 6.71. The second kappa shape index (κ2) is 9.77. The van der Waals surface area contributed by atoms with Gasteiger partial charge < -0.3 is 19.0 Å². The standard InChI is InChI=1S/C32H34FN3O4/c1-6-18(14-37)21-11-27-30-22(13-36(27)32(39)23(21)15-40-5)29-26(35(4)31(38)16(2)19-7-8-19)10-9-20-17(3)24(33)12-25(34-30)28(20)29/h11-12,14,18-19,26H,2,6-10,13,15H2,1,3-5H3. The summed E-state index contributed by atoms with van der Waals surface area (Å²) in [6.45, 7) is 8.17. The first kappa shape index (κ1) is 26.6. The second-order valence-electron chi connectivity index (χ2n) is 11.4. The second-order valence-corrected chi connectivity index (χ2v) is 11.4. The van der Waals surface area contributed by atoms with Gasteiger partial charge in [0.2, 0.25) is 5.91 Å². The summed E-state index contributed by atoms with van der Waals surface area (Å²) in [5, 5.41) is 0.878. The van der Waals surface area contributed by atoms with E-state index in [0.717, 1.165) is 41.2 Å². The number of aromatic nitrogens is 2. The highest BCUT2D eigenvalue weighted by atomic mass is 19.1. The zero-order valence-electron chi connectivity index (χ0n) is 23.5. The molecule has 3 aliphatic rings. The SMILES string of the molecule is C=C(C(=O)N(C)C1CCc2c(C)c(F)cc3nc4c(c1c23)Cn1c-4cc(C(C=O)CC)c(COC)c1=O)C1CC1. The van der Waals surface area contributed by atoms with Gasteiger partial charge in [-0.3, -0.25) is 9.59 Å². The summed E-state index contributed by atoms with van der Waals surface area (Å²) < 4.78 is 22.2. The van der Waals surface area contributed by atoms with Crippen LogP contribution in [0.25, 0.3) is 22.3 Å². The first-order chi connectivity index (χ1) is 19.2. The molecule has 7 nitrogen and oxygen atoms in total. The number of carbonyl (C=O) groups is 2. The van der Waals surface area contributed by atoms with Crippen LogP contribution in [-0.4, -0.2) is 40.8 Å². The predicted molar refractivity (Wildman–Crippen MR) is 151 cm³/mol. The first-order valence-corrected chi connectivity index (χ1v) is 14.0. The number of aldehydes is 1. The highest BCUT2D eigenvalue weighted by Crippen LogP contribution is 2.47. The lowest BCUT2D eigenvalue weighted by atomic mass is 9.81. The van der Waals surface area contributed by atoms with Gasteiger partial charge in [-0.25, -0.2) is 9.37 Å².